The van der Waals surface area contributed by atoms with Gasteiger partial charge < -0.3 is 37.0 Å². The third-order valence-corrected chi connectivity index (χ3v) is 5.09. The van der Waals surface area contributed by atoms with Crippen LogP contribution in [0.5, 0.6) is 0 Å². The Morgan fingerprint density at radius 3 is 2.52 bits per heavy atom. The number of nitrogens with two attached hydrogens (primary N) is 1. The van der Waals surface area contributed by atoms with Gasteiger partial charge in [-0.25, -0.2) is 9.18 Å². The molecule has 1 fully saturated rings. The summed E-state index contributed by atoms with van der Waals surface area (Å²) in [5, 5.41) is 38.4. The lowest BCUT2D eigenvalue weighted by atomic mass is 9.77. The molecule has 1 aromatic carbocycles. The maximum Gasteiger partial charge on any atom is 0.319 e. The second-order valence-corrected chi connectivity index (χ2v) is 8.27. The zero-order valence-electron chi connectivity index (χ0n) is 17.3. The standard InChI is InChI=1S/C20H29FN4O6/c1-10(2)6-13(17(22)28)24-18(29)20(31)8-14(16(27)15(26)9-20)25-19(30)23-12-5-3-4-11(21)7-12/h3-5,7,10,13-16,26-27,31H,6,8-9H2,1-2H3,(H2,22,28)(H,24,29)(H2,23,25,30)/t13-,14+,15-,16-,20-/m1/s1. The van der Waals surface area contributed by atoms with Crippen molar-refractivity contribution in [1.29, 1.82) is 0 Å². The number of primary amides is 1. The van der Waals surface area contributed by atoms with Crippen LogP contribution in [0.15, 0.2) is 24.3 Å². The van der Waals surface area contributed by atoms with Crippen LogP contribution in [0, 0.1) is 11.7 Å². The predicted octanol–water partition coefficient (Wildman–Crippen LogP) is -0.421. The molecule has 11 heteroatoms. The van der Waals surface area contributed by atoms with E-state index in [1.807, 2.05) is 13.8 Å². The van der Waals surface area contributed by atoms with Crippen LogP contribution in [0.1, 0.15) is 33.1 Å². The summed E-state index contributed by atoms with van der Waals surface area (Å²) >= 11 is 0. The first-order valence-corrected chi connectivity index (χ1v) is 9.93. The highest BCUT2D eigenvalue weighted by atomic mass is 19.1. The van der Waals surface area contributed by atoms with Gasteiger partial charge in [0.25, 0.3) is 5.91 Å². The maximum absolute atomic E-state index is 13.3. The van der Waals surface area contributed by atoms with E-state index in [4.69, 9.17) is 5.73 Å². The van der Waals surface area contributed by atoms with Crippen molar-refractivity contribution < 1.29 is 34.1 Å². The zero-order valence-corrected chi connectivity index (χ0v) is 17.3. The van der Waals surface area contributed by atoms with Gasteiger partial charge in [-0.05, 0) is 30.5 Å². The number of urea groups is 1. The van der Waals surface area contributed by atoms with Crippen LogP contribution >= 0.6 is 0 Å². The highest BCUT2D eigenvalue weighted by Gasteiger charge is 2.49. The molecule has 0 radical (unpaired) electrons. The molecular formula is C20H29FN4O6. The lowest BCUT2D eigenvalue weighted by Crippen LogP contribution is -2.64. The van der Waals surface area contributed by atoms with Gasteiger partial charge in [0.1, 0.15) is 23.6 Å². The number of anilines is 1. The second kappa shape index (κ2) is 10.0. The summed E-state index contributed by atoms with van der Waals surface area (Å²) in [7, 11) is 0. The minimum Gasteiger partial charge on any atom is -0.390 e. The van der Waals surface area contributed by atoms with E-state index in [1.165, 1.54) is 18.2 Å². The van der Waals surface area contributed by atoms with Crippen LogP contribution in [0.25, 0.3) is 0 Å². The SMILES string of the molecule is CC(C)C[C@@H](NC(=O)[C@]1(O)C[C@@H](O)[C@H](O)[C@@H](NC(=O)Nc2cccc(F)c2)C1)C(N)=O. The number of rotatable bonds is 7. The van der Waals surface area contributed by atoms with Gasteiger partial charge in [0.05, 0.1) is 12.1 Å². The molecule has 1 saturated carbocycles. The van der Waals surface area contributed by atoms with E-state index in [1.54, 1.807) is 0 Å². The van der Waals surface area contributed by atoms with E-state index >= 15 is 0 Å². The first-order valence-electron chi connectivity index (χ1n) is 9.93. The van der Waals surface area contributed by atoms with Crippen LogP contribution in [0.2, 0.25) is 0 Å². The topological polar surface area (TPSA) is 174 Å². The molecule has 0 aromatic heterocycles. The van der Waals surface area contributed by atoms with E-state index in [-0.39, 0.29) is 18.0 Å². The van der Waals surface area contributed by atoms with Crippen LogP contribution in [0.3, 0.4) is 0 Å². The average Bonchev–Trinajstić information content (AvgIpc) is 2.64. The van der Waals surface area contributed by atoms with Crippen molar-refractivity contribution >= 4 is 23.5 Å². The number of aliphatic hydroxyl groups is 3. The van der Waals surface area contributed by atoms with Crippen molar-refractivity contribution in [1.82, 2.24) is 10.6 Å². The number of amides is 4. The Bertz CT molecular complexity index is 823. The number of aliphatic hydroxyl groups excluding tert-OH is 2. The number of benzene rings is 1. The molecule has 31 heavy (non-hydrogen) atoms. The van der Waals surface area contributed by atoms with E-state index in [9.17, 15) is 34.1 Å². The second-order valence-electron chi connectivity index (χ2n) is 8.27. The highest BCUT2D eigenvalue weighted by Crippen LogP contribution is 2.30. The monoisotopic (exact) mass is 440 g/mol. The van der Waals surface area contributed by atoms with Gasteiger partial charge in [-0.15, -0.1) is 0 Å². The van der Waals surface area contributed by atoms with Crippen LogP contribution in [-0.2, 0) is 9.59 Å². The van der Waals surface area contributed by atoms with E-state index < -0.39 is 66.4 Å². The molecule has 1 aromatic rings. The first-order chi connectivity index (χ1) is 14.4. The summed E-state index contributed by atoms with van der Waals surface area (Å²) < 4.78 is 13.3. The molecule has 1 aliphatic carbocycles. The van der Waals surface area contributed by atoms with Crippen LogP contribution in [-0.4, -0.2) is 63.1 Å². The van der Waals surface area contributed by atoms with Gasteiger partial charge >= 0.3 is 6.03 Å². The van der Waals surface area contributed by atoms with E-state index in [2.05, 4.69) is 16.0 Å². The summed E-state index contributed by atoms with van der Waals surface area (Å²) in [6, 6.07) is 2.04. The van der Waals surface area contributed by atoms with Crippen molar-refractivity contribution in [3.63, 3.8) is 0 Å². The lowest BCUT2D eigenvalue weighted by Gasteiger charge is -2.41. The Kier molecular flexibility index (Phi) is 7.93. The number of halogens is 1. The molecular weight excluding hydrogens is 411 g/mol. The Hall–Kier alpha value is -2.76. The number of carbonyl (C=O) groups is 3. The average molecular weight is 440 g/mol. The highest BCUT2D eigenvalue weighted by molar-refractivity contribution is 5.92. The van der Waals surface area contributed by atoms with Crippen molar-refractivity contribution in [3.8, 4) is 0 Å². The maximum atomic E-state index is 13.3. The Labute approximate surface area is 179 Å². The van der Waals surface area contributed by atoms with E-state index in [0.717, 1.165) is 6.07 Å². The summed E-state index contributed by atoms with van der Waals surface area (Å²) in [4.78, 5) is 36.6. The molecule has 0 spiro atoms. The summed E-state index contributed by atoms with van der Waals surface area (Å²) in [5.74, 6) is -2.25. The van der Waals surface area contributed by atoms with Gasteiger partial charge in [-0.3, -0.25) is 9.59 Å². The molecule has 5 atom stereocenters. The minimum absolute atomic E-state index is 0.0344. The van der Waals surface area contributed by atoms with Gasteiger partial charge in [-0.1, -0.05) is 19.9 Å². The zero-order chi connectivity index (χ0) is 23.3. The molecule has 10 nitrogen and oxygen atoms in total. The molecule has 2 rings (SSSR count). The molecule has 0 bridgehead atoms. The summed E-state index contributed by atoms with van der Waals surface area (Å²) in [5.41, 5.74) is 3.30. The minimum atomic E-state index is -2.17. The normalized spacial score (nSPS) is 26.7. The quantitative estimate of drug-likeness (QED) is 0.303. The molecule has 0 aliphatic heterocycles. The fraction of sp³-hybridized carbons (Fsp3) is 0.550. The smallest absolute Gasteiger partial charge is 0.319 e. The van der Waals surface area contributed by atoms with Gasteiger partial charge in [0.15, 0.2) is 0 Å². The van der Waals surface area contributed by atoms with Gasteiger partial charge in [-0.2, -0.15) is 0 Å². The van der Waals surface area contributed by atoms with Crippen LogP contribution < -0.4 is 21.7 Å². The Morgan fingerprint density at radius 1 is 1.26 bits per heavy atom. The lowest BCUT2D eigenvalue weighted by molar-refractivity contribution is -0.159. The Morgan fingerprint density at radius 2 is 1.94 bits per heavy atom. The third kappa shape index (κ3) is 6.61. The molecule has 0 unspecified atom stereocenters. The Balaban J connectivity index is 2.09. The van der Waals surface area contributed by atoms with Crippen molar-refractivity contribution in [3.05, 3.63) is 30.1 Å². The van der Waals surface area contributed by atoms with Crippen molar-refractivity contribution in [2.75, 3.05) is 5.32 Å². The van der Waals surface area contributed by atoms with E-state index in [0.29, 0.717) is 0 Å². The number of hydrogen-bond acceptors (Lipinski definition) is 6. The molecule has 8 N–H and O–H groups in total. The van der Waals surface area contributed by atoms with Gasteiger partial charge in [0, 0.05) is 18.5 Å². The predicted molar refractivity (Wildman–Crippen MR) is 109 cm³/mol. The fourth-order valence-electron chi connectivity index (χ4n) is 3.54. The van der Waals surface area contributed by atoms with Crippen molar-refractivity contribution in [2.24, 2.45) is 11.7 Å². The fourth-order valence-corrected chi connectivity index (χ4v) is 3.54. The largest absolute Gasteiger partial charge is 0.390 e. The molecule has 0 heterocycles. The molecule has 4 amide bonds. The van der Waals surface area contributed by atoms with Crippen LogP contribution in [0.4, 0.5) is 14.9 Å². The van der Waals surface area contributed by atoms with Crippen molar-refractivity contribution in [2.45, 2.75) is 63.0 Å². The number of carbonyl (C=O) groups excluding carboxylic acids is 3. The van der Waals surface area contributed by atoms with Gasteiger partial charge in [0.2, 0.25) is 5.91 Å². The summed E-state index contributed by atoms with van der Waals surface area (Å²) in [6.45, 7) is 3.66. The summed E-state index contributed by atoms with van der Waals surface area (Å²) in [6.07, 6.45) is -3.67. The molecule has 172 valence electrons. The molecule has 0 saturated heterocycles. The number of nitrogens with one attached hydrogen (secondary N) is 3. The number of hydrogen-bond donors (Lipinski definition) is 7. The molecule has 1 aliphatic rings. The first kappa shape index (κ1) is 24.5. The third-order valence-electron chi connectivity index (χ3n) is 5.09.